The zero-order chi connectivity index (χ0) is 7.40. The quantitative estimate of drug-likeness (QED) is 0.341. The molecule has 0 fully saturated rings. The lowest BCUT2D eigenvalue weighted by molar-refractivity contribution is -0.00703. The SMILES string of the molecule is [N-]=[N+]=C1C=CC=CC1NCl. The van der Waals surface area contributed by atoms with Crippen LogP contribution in [0.4, 0.5) is 0 Å². The molecule has 3 nitrogen and oxygen atoms in total. The van der Waals surface area contributed by atoms with Crippen LogP contribution in [0, 0.1) is 0 Å². The summed E-state index contributed by atoms with van der Waals surface area (Å²) in [6.07, 6.45) is 7.08. The molecular weight excluding hydrogens is 150 g/mol. The average Bonchev–Trinajstić information content (AvgIpc) is 2.04. The Morgan fingerprint density at radius 1 is 1.60 bits per heavy atom. The molecule has 0 aromatic rings. The molecule has 0 heterocycles. The van der Waals surface area contributed by atoms with Crippen LogP contribution in [-0.2, 0) is 0 Å². The van der Waals surface area contributed by atoms with E-state index in [9.17, 15) is 0 Å². The third-order valence-corrected chi connectivity index (χ3v) is 1.47. The molecule has 0 amide bonds. The topological polar surface area (TPSA) is 48.4 Å². The third-order valence-electron chi connectivity index (χ3n) is 1.23. The number of allylic oxidation sites excluding steroid dienone is 2. The van der Waals surface area contributed by atoms with Crippen molar-refractivity contribution in [3.8, 4) is 0 Å². The van der Waals surface area contributed by atoms with Crippen LogP contribution < -0.4 is 4.84 Å². The smallest absolute Gasteiger partial charge is 0.313 e. The molecule has 1 aliphatic rings. The van der Waals surface area contributed by atoms with Crippen molar-refractivity contribution in [2.24, 2.45) is 0 Å². The van der Waals surface area contributed by atoms with Crippen molar-refractivity contribution in [3.63, 3.8) is 0 Å². The molecule has 0 bridgehead atoms. The van der Waals surface area contributed by atoms with Crippen LogP contribution in [0.2, 0.25) is 0 Å². The molecule has 1 aliphatic carbocycles. The van der Waals surface area contributed by atoms with Gasteiger partial charge >= 0.3 is 5.71 Å². The van der Waals surface area contributed by atoms with E-state index in [-0.39, 0.29) is 6.04 Å². The third kappa shape index (κ3) is 1.33. The number of halogens is 1. The van der Waals surface area contributed by atoms with Crippen molar-refractivity contribution in [1.82, 2.24) is 4.84 Å². The Hall–Kier alpha value is -0.890. The second-order valence-electron chi connectivity index (χ2n) is 1.86. The van der Waals surface area contributed by atoms with Gasteiger partial charge in [-0.1, -0.05) is 18.2 Å². The Morgan fingerprint density at radius 3 is 2.90 bits per heavy atom. The molecule has 1 unspecified atom stereocenters. The summed E-state index contributed by atoms with van der Waals surface area (Å²) < 4.78 is 0. The minimum absolute atomic E-state index is 0.184. The lowest BCUT2D eigenvalue weighted by Crippen LogP contribution is -2.29. The molecule has 10 heavy (non-hydrogen) atoms. The molecule has 52 valence electrons. The van der Waals surface area contributed by atoms with Crippen molar-refractivity contribution in [1.29, 1.82) is 0 Å². The van der Waals surface area contributed by atoms with E-state index in [1.807, 2.05) is 6.08 Å². The van der Waals surface area contributed by atoms with Crippen molar-refractivity contribution in [2.75, 3.05) is 0 Å². The highest BCUT2D eigenvalue weighted by Gasteiger charge is 2.17. The fraction of sp³-hybridized carbons (Fsp3) is 0.167. The van der Waals surface area contributed by atoms with E-state index < -0.39 is 0 Å². The van der Waals surface area contributed by atoms with Gasteiger partial charge in [0.1, 0.15) is 6.04 Å². The molecule has 0 spiro atoms. The lowest BCUT2D eigenvalue weighted by Gasteiger charge is -2.03. The summed E-state index contributed by atoms with van der Waals surface area (Å²) >= 11 is 5.33. The van der Waals surface area contributed by atoms with Gasteiger partial charge in [0.2, 0.25) is 0 Å². The summed E-state index contributed by atoms with van der Waals surface area (Å²) in [5, 5.41) is 0. The summed E-state index contributed by atoms with van der Waals surface area (Å²) in [6, 6.07) is -0.184. The number of rotatable bonds is 1. The molecule has 0 saturated heterocycles. The Morgan fingerprint density at radius 2 is 2.40 bits per heavy atom. The minimum atomic E-state index is -0.184. The molecule has 0 radical (unpaired) electrons. The van der Waals surface area contributed by atoms with Gasteiger partial charge in [0.15, 0.2) is 0 Å². The van der Waals surface area contributed by atoms with Gasteiger partial charge in [-0.15, -0.1) is 0 Å². The summed E-state index contributed by atoms with van der Waals surface area (Å²) in [4.78, 5) is 5.48. The highest BCUT2D eigenvalue weighted by atomic mass is 35.5. The van der Waals surface area contributed by atoms with Crippen molar-refractivity contribution >= 4 is 17.5 Å². The van der Waals surface area contributed by atoms with Crippen LogP contribution in [-0.4, -0.2) is 16.5 Å². The van der Waals surface area contributed by atoms with Crippen LogP contribution in [0.15, 0.2) is 24.3 Å². The molecular formula is C6H6ClN3. The monoisotopic (exact) mass is 155 g/mol. The Labute approximate surface area is 63.7 Å². The van der Waals surface area contributed by atoms with Crippen LogP contribution in [0.25, 0.3) is 5.53 Å². The van der Waals surface area contributed by atoms with Crippen molar-refractivity contribution in [2.45, 2.75) is 6.04 Å². The molecule has 1 rings (SSSR count). The van der Waals surface area contributed by atoms with Crippen LogP contribution >= 0.6 is 11.8 Å². The number of hydrogen-bond acceptors (Lipinski definition) is 1. The average molecular weight is 156 g/mol. The van der Waals surface area contributed by atoms with E-state index in [1.54, 1.807) is 18.2 Å². The van der Waals surface area contributed by atoms with Gasteiger partial charge in [0.25, 0.3) is 0 Å². The standard InChI is InChI=1S/C6H6ClN3/c7-9-5-3-1-2-4-6(5)10-8/h1-5,9H. The summed E-state index contributed by atoms with van der Waals surface area (Å²) in [6.45, 7) is 0. The molecule has 4 heteroatoms. The number of nitrogens with zero attached hydrogens (tertiary/aromatic N) is 2. The van der Waals surface area contributed by atoms with E-state index in [0.29, 0.717) is 5.71 Å². The van der Waals surface area contributed by atoms with E-state index in [2.05, 4.69) is 9.63 Å². The first kappa shape index (κ1) is 7.22. The first-order chi connectivity index (χ1) is 4.88. The van der Waals surface area contributed by atoms with Gasteiger partial charge in [0, 0.05) is 6.08 Å². The first-order valence-corrected chi connectivity index (χ1v) is 3.19. The number of nitrogens with one attached hydrogen (secondary N) is 1. The predicted molar refractivity (Wildman–Crippen MR) is 39.7 cm³/mol. The molecule has 0 aromatic heterocycles. The predicted octanol–water partition coefficient (Wildman–Crippen LogP) is 0.895. The van der Waals surface area contributed by atoms with Gasteiger partial charge in [-0.2, -0.15) is 4.79 Å². The first-order valence-electron chi connectivity index (χ1n) is 2.81. The van der Waals surface area contributed by atoms with Crippen LogP contribution in [0.1, 0.15) is 0 Å². The molecule has 0 aromatic carbocycles. The second kappa shape index (κ2) is 3.32. The van der Waals surface area contributed by atoms with Gasteiger partial charge < -0.3 is 5.53 Å². The Kier molecular flexibility index (Phi) is 2.40. The van der Waals surface area contributed by atoms with Gasteiger partial charge in [-0.05, 0) is 11.8 Å². The summed E-state index contributed by atoms with van der Waals surface area (Å²) in [7, 11) is 0. The fourth-order valence-corrected chi connectivity index (χ4v) is 0.904. The van der Waals surface area contributed by atoms with Gasteiger partial charge in [-0.25, -0.2) is 4.84 Å². The van der Waals surface area contributed by atoms with E-state index in [1.165, 1.54) is 0 Å². The van der Waals surface area contributed by atoms with E-state index in [0.717, 1.165) is 0 Å². The van der Waals surface area contributed by atoms with Crippen molar-refractivity contribution < 1.29 is 4.79 Å². The van der Waals surface area contributed by atoms with E-state index >= 15 is 0 Å². The fourth-order valence-electron chi connectivity index (χ4n) is 0.719. The molecule has 1 N–H and O–H groups in total. The van der Waals surface area contributed by atoms with Crippen molar-refractivity contribution in [3.05, 3.63) is 29.8 Å². The molecule has 0 aliphatic heterocycles. The highest BCUT2D eigenvalue weighted by molar-refractivity contribution is 6.16. The zero-order valence-electron chi connectivity index (χ0n) is 5.16. The largest absolute Gasteiger partial charge is 0.361 e. The molecule has 0 saturated carbocycles. The van der Waals surface area contributed by atoms with E-state index in [4.69, 9.17) is 17.3 Å². The Balaban J connectivity index is 2.84. The lowest BCUT2D eigenvalue weighted by atomic mass is 10.1. The molecule has 1 atom stereocenters. The maximum atomic E-state index is 8.40. The summed E-state index contributed by atoms with van der Waals surface area (Å²) in [5.74, 6) is 0. The minimum Gasteiger partial charge on any atom is -0.361 e. The second-order valence-corrected chi connectivity index (χ2v) is 2.07. The van der Waals surface area contributed by atoms with Gasteiger partial charge in [-0.3, -0.25) is 0 Å². The Bertz CT molecular complexity index is 225. The normalized spacial score (nSPS) is 22.9. The number of hydrogen-bond donors (Lipinski definition) is 1. The van der Waals surface area contributed by atoms with Crippen LogP contribution in [0.3, 0.4) is 0 Å². The van der Waals surface area contributed by atoms with Gasteiger partial charge in [0.05, 0.1) is 0 Å². The highest BCUT2D eigenvalue weighted by Crippen LogP contribution is 1.98. The zero-order valence-corrected chi connectivity index (χ0v) is 5.92. The maximum Gasteiger partial charge on any atom is 0.313 e. The summed E-state index contributed by atoms with van der Waals surface area (Å²) in [5.41, 5.74) is 8.91. The maximum absolute atomic E-state index is 8.40. The van der Waals surface area contributed by atoms with Crippen LogP contribution in [0.5, 0.6) is 0 Å².